The molecule has 34 heavy (non-hydrogen) atoms. The number of nitrogens with one attached hydrogen (secondary N) is 1. The second-order valence-electron chi connectivity index (χ2n) is 7.69. The van der Waals surface area contributed by atoms with Crippen LogP contribution in [-0.4, -0.2) is 46.8 Å². The number of hydrogen-bond donors (Lipinski definition) is 1. The smallest absolute Gasteiger partial charge is 0.337 e. The summed E-state index contributed by atoms with van der Waals surface area (Å²) in [4.78, 5) is 43.3. The van der Waals surface area contributed by atoms with Crippen LogP contribution in [0.15, 0.2) is 48.0 Å². The van der Waals surface area contributed by atoms with Crippen molar-refractivity contribution < 1.29 is 23.9 Å². The molecular weight excluding hydrogens is 456 g/mol. The number of carbonyl (C=O) groups excluding carboxylic acids is 3. The van der Waals surface area contributed by atoms with E-state index in [1.807, 2.05) is 31.4 Å². The lowest BCUT2D eigenvalue weighted by atomic mass is 10.1. The Kier molecular flexibility index (Phi) is 6.42. The van der Waals surface area contributed by atoms with Crippen LogP contribution in [0.1, 0.15) is 51.0 Å². The molecule has 0 radical (unpaired) electrons. The third-order valence-corrected chi connectivity index (χ3v) is 6.00. The zero-order chi connectivity index (χ0) is 24.4. The molecule has 174 valence electrons. The second-order valence-corrected chi connectivity index (χ2v) is 8.64. The lowest BCUT2D eigenvalue weighted by Crippen LogP contribution is -2.15. The fourth-order valence-corrected chi connectivity index (χ4v) is 4.19. The molecule has 4 aromatic rings. The van der Waals surface area contributed by atoms with Gasteiger partial charge in [-0.1, -0.05) is 6.07 Å². The van der Waals surface area contributed by atoms with Crippen LogP contribution in [0.5, 0.6) is 0 Å². The number of nitrogens with zero attached hydrogens (tertiary/aromatic N) is 3. The summed E-state index contributed by atoms with van der Waals surface area (Å²) < 4.78 is 11.3. The zero-order valence-corrected chi connectivity index (χ0v) is 19.8. The molecule has 1 aromatic carbocycles. The van der Waals surface area contributed by atoms with Gasteiger partial charge in [0.2, 0.25) is 0 Å². The summed E-state index contributed by atoms with van der Waals surface area (Å²) in [6, 6.07) is 9.81. The number of rotatable bonds is 6. The van der Waals surface area contributed by atoms with Gasteiger partial charge in [-0.3, -0.25) is 4.79 Å². The molecule has 0 aliphatic heterocycles. The normalized spacial score (nSPS) is 11.0. The van der Waals surface area contributed by atoms with Crippen LogP contribution in [-0.2, 0) is 9.47 Å². The Labute approximate surface area is 199 Å². The van der Waals surface area contributed by atoms with Gasteiger partial charge in [-0.25, -0.2) is 19.3 Å². The van der Waals surface area contributed by atoms with Crippen molar-refractivity contribution in [1.29, 1.82) is 0 Å². The first-order valence-corrected chi connectivity index (χ1v) is 11.3. The van der Waals surface area contributed by atoms with E-state index in [0.29, 0.717) is 22.3 Å². The van der Waals surface area contributed by atoms with Crippen LogP contribution in [0, 0.1) is 0 Å². The van der Waals surface area contributed by atoms with E-state index >= 15 is 0 Å². The number of fused-ring (bicyclic) bond motifs is 1. The fourth-order valence-electron chi connectivity index (χ4n) is 3.50. The topological polar surface area (TPSA) is 112 Å². The van der Waals surface area contributed by atoms with Gasteiger partial charge in [-0.05, 0) is 49.6 Å². The van der Waals surface area contributed by atoms with E-state index in [9.17, 15) is 14.4 Å². The molecule has 0 bridgehead atoms. The molecule has 9 nitrogen and oxygen atoms in total. The molecule has 0 atom stereocenters. The number of methoxy groups -OCH3 is 2. The molecule has 4 rings (SSSR count). The third kappa shape index (κ3) is 4.40. The predicted octanol–water partition coefficient (Wildman–Crippen LogP) is 4.57. The van der Waals surface area contributed by atoms with Crippen molar-refractivity contribution in [1.82, 2.24) is 14.8 Å². The van der Waals surface area contributed by atoms with Crippen LogP contribution in [0.2, 0.25) is 0 Å². The van der Waals surface area contributed by atoms with Crippen LogP contribution in [0.4, 0.5) is 5.69 Å². The van der Waals surface area contributed by atoms with Gasteiger partial charge in [0.15, 0.2) is 5.65 Å². The summed E-state index contributed by atoms with van der Waals surface area (Å²) in [5.41, 5.74) is 2.05. The summed E-state index contributed by atoms with van der Waals surface area (Å²) >= 11 is 1.51. The van der Waals surface area contributed by atoms with Gasteiger partial charge in [0.1, 0.15) is 0 Å². The Morgan fingerprint density at radius 1 is 1.03 bits per heavy atom. The van der Waals surface area contributed by atoms with Crippen LogP contribution < -0.4 is 5.32 Å². The van der Waals surface area contributed by atoms with Gasteiger partial charge in [0, 0.05) is 11.7 Å². The largest absolute Gasteiger partial charge is 0.465 e. The minimum Gasteiger partial charge on any atom is -0.465 e. The second kappa shape index (κ2) is 9.44. The Morgan fingerprint density at radius 3 is 2.26 bits per heavy atom. The first kappa shape index (κ1) is 23.1. The average Bonchev–Trinajstić information content (AvgIpc) is 3.52. The Bertz CT molecular complexity index is 1360. The van der Waals surface area contributed by atoms with Gasteiger partial charge >= 0.3 is 11.9 Å². The number of anilines is 1. The van der Waals surface area contributed by atoms with E-state index < -0.39 is 17.8 Å². The number of esters is 2. The molecule has 10 heteroatoms. The molecule has 3 aromatic heterocycles. The highest BCUT2D eigenvalue weighted by Crippen LogP contribution is 2.29. The average molecular weight is 479 g/mol. The summed E-state index contributed by atoms with van der Waals surface area (Å²) in [5, 5.41) is 9.73. The molecular formula is C24H22N4O5S. The Morgan fingerprint density at radius 2 is 1.71 bits per heavy atom. The van der Waals surface area contributed by atoms with Crippen LogP contribution >= 0.6 is 11.3 Å². The fraction of sp³-hybridized carbons (Fsp3) is 0.208. The molecule has 0 aliphatic carbocycles. The van der Waals surface area contributed by atoms with Gasteiger partial charge < -0.3 is 14.8 Å². The number of thiophene rings is 1. The predicted molar refractivity (Wildman–Crippen MR) is 128 cm³/mol. The number of benzene rings is 1. The number of ether oxygens (including phenoxy) is 2. The van der Waals surface area contributed by atoms with Crippen molar-refractivity contribution in [3.63, 3.8) is 0 Å². The van der Waals surface area contributed by atoms with Gasteiger partial charge in [0.25, 0.3) is 5.91 Å². The van der Waals surface area contributed by atoms with E-state index in [1.165, 1.54) is 43.8 Å². The maximum absolute atomic E-state index is 13.4. The van der Waals surface area contributed by atoms with Crippen molar-refractivity contribution in [2.45, 2.75) is 19.9 Å². The van der Waals surface area contributed by atoms with Crippen molar-refractivity contribution in [2.75, 3.05) is 19.5 Å². The highest BCUT2D eigenvalue weighted by Gasteiger charge is 2.20. The van der Waals surface area contributed by atoms with E-state index in [-0.39, 0.29) is 22.9 Å². The van der Waals surface area contributed by atoms with Crippen LogP contribution in [0.25, 0.3) is 21.6 Å². The van der Waals surface area contributed by atoms with E-state index in [1.54, 1.807) is 16.9 Å². The van der Waals surface area contributed by atoms with E-state index in [2.05, 4.69) is 10.4 Å². The summed E-state index contributed by atoms with van der Waals surface area (Å²) in [5.74, 6) is -1.73. The first-order chi connectivity index (χ1) is 16.3. The molecule has 0 saturated heterocycles. The van der Waals surface area contributed by atoms with Crippen LogP contribution in [0.3, 0.4) is 0 Å². The van der Waals surface area contributed by atoms with E-state index in [0.717, 1.165) is 4.88 Å². The highest BCUT2D eigenvalue weighted by atomic mass is 32.1. The maximum Gasteiger partial charge on any atom is 0.337 e. The van der Waals surface area contributed by atoms with Gasteiger partial charge in [-0.15, -0.1) is 11.3 Å². The SMILES string of the molecule is COC(=O)c1cc(NC(=O)c2cc(-c3cccs3)nc3c2cnn3C(C)C)cc(C(=O)OC)c1. The van der Waals surface area contributed by atoms with Gasteiger partial charge in [0.05, 0.1) is 53.1 Å². The quantitative estimate of drug-likeness (QED) is 0.404. The lowest BCUT2D eigenvalue weighted by Gasteiger charge is -2.12. The Hall–Kier alpha value is -4.05. The summed E-state index contributed by atoms with van der Waals surface area (Å²) in [6.45, 7) is 3.97. The maximum atomic E-state index is 13.4. The third-order valence-electron chi connectivity index (χ3n) is 5.11. The first-order valence-electron chi connectivity index (χ1n) is 10.4. The molecule has 0 spiro atoms. The lowest BCUT2D eigenvalue weighted by molar-refractivity contribution is 0.0599. The zero-order valence-electron chi connectivity index (χ0n) is 19.0. The number of amides is 1. The number of carbonyl (C=O) groups is 3. The molecule has 3 heterocycles. The molecule has 0 saturated carbocycles. The molecule has 0 unspecified atom stereocenters. The number of hydrogen-bond acceptors (Lipinski definition) is 8. The molecule has 0 aliphatic rings. The minimum atomic E-state index is -0.647. The standard InChI is InChI=1S/C24H22N4O5S/c1-13(2)28-21-18(12-25-28)17(11-19(27-21)20-6-5-7-34-20)22(29)26-16-9-14(23(30)32-3)8-15(10-16)24(31)33-4/h5-13H,1-4H3,(H,26,29). The highest BCUT2D eigenvalue weighted by molar-refractivity contribution is 7.13. The van der Waals surface area contributed by atoms with Crippen molar-refractivity contribution in [2.24, 2.45) is 0 Å². The molecule has 1 amide bonds. The van der Waals surface area contributed by atoms with Crippen molar-refractivity contribution in [3.8, 4) is 10.6 Å². The van der Waals surface area contributed by atoms with Gasteiger partial charge in [-0.2, -0.15) is 5.10 Å². The Balaban J connectivity index is 1.80. The molecule has 0 fully saturated rings. The molecule has 1 N–H and O–H groups in total. The summed E-state index contributed by atoms with van der Waals surface area (Å²) in [7, 11) is 2.47. The van der Waals surface area contributed by atoms with Crippen molar-refractivity contribution in [3.05, 3.63) is 64.7 Å². The number of pyridine rings is 1. The number of aromatic nitrogens is 3. The monoisotopic (exact) mass is 478 g/mol. The van der Waals surface area contributed by atoms with E-state index in [4.69, 9.17) is 14.5 Å². The summed E-state index contributed by atoms with van der Waals surface area (Å²) in [6.07, 6.45) is 1.61. The van der Waals surface area contributed by atoms with Crippen molar-refractivity contribution >= 4 is 45.9 Å². The minimum absolute atomic E-state index is 0.0406.